The van der Waals surface area contributed by atoms with Gasteiger partial charge in [0.2, 0.25) is 10.0 Å². The van der Waals surface area contributed by atoms with Crippen LogP contribution in [-0.2, 0) is 34.3 Å². The van der Waals surface area contributed by atoms with Crippen LogP contribution in [0.15, 0.2) is 6.20 Å². The maximum Gasteiger partial charge on any atom is 0.490 e. The molecule has 0 bridgehead atoms. The zero-order valence-corrected chi connectivity index (χ0v) is 16.3. The highest BCUT2D eigenvalue weighted by molar-refractivity contribution is 7.89. The van der Waals surface area contributed by atoms with Crippen LogP contribution in [0, 0.1) is 0 Å². The zero-order valence-electron chi connectivity index (χ0n) is 15.5. The van der Waals surface area contributed by atoms with Crippen molar-refractivity contribution in [2.75, 3.05) is 32.9 Å². The highest BCUT2D eigenvalue weighted by Crippen LogP contribution is 2.15. The van der Waals surface area contributed by atoms with Crippen molar-refractivity contribution in [3.05, 3.63) is 17.7 Å². The third-order valence-electron chi connectivity index (χ3n) is 3.75. The molecular formula is C15H25F3N4O4S. The van der Waals surface area contributed by atoms with Gasteiger partial charge in [-0.2, -0.15) is 17.5 Å². The first-order chi connectivity index (χ1) is 12.4. The minimum Gasteiger partial charge on any atom is -0.475 e. The molecule has 0 saturated heterocycles. The van der Waals surface area contributed by atoms with Gasteiger partial charge in [0.15, 0.2) is 0 Å². The van der Waals surface area contributed by atoms with Gasteiger partial charge in [-0.1, -0.05) is 6.92 Å². The Bertz CT molecular complexity index is 732. The molecule has 0 amide bonds. The molecule has 156 valence electrons. The predicted molar refractivity (Wildman–Crippen MR) is 92.7 cm³/mol. The van der Waals surface area contributed by atoms with Crippen LogP contribution < -0.4 is 0 Å². The molecule has 8 nitrogen and oxygen atoms in total. The van der Waals surface area contributed by atoms with Gasteiger partial charge in [-0.25, -0.2) is 18.2 Å². The molecule has 2 heterocycles. The van der Waals surface area contributed by atoms with Gasteiger partial charge in [0.05, 0.1) is 11.4 Å². The minimum absolute atomic E-state index is 0.236. The van der Waals surface area contributed by atoms with Crippen LogP contribution in [-0.4, -0.2) is 77.4 Å². The summed E-state index contributed by atoms with van der Waals surface area (Å²) in [6, 6.07) is 0. The number of nitrogens with zero attached hydrogens (tertiary/aromatic N) is 4. The van der Waals surface area contributed by atoms with E-state index in [1.165, 1.54) is 0 Å². The first kappa shape index (κ1) is 23.4. The van der Waals surface area contributed by atoms with Crippen LogP contribution in [0.4, 0.5) is 13.2 Å². The highest BCUT2D eigenvalue weighted by Gasteiger charge is 2.38. The molecule has 0 unspecified atom stereocenters. The first-order valence-corrected chi connectivity index (χ1v) is 9.95. The van der Waals surface area contributed by atoms with Crippen molar-refractivity contribution in [2.24, 2.45) is 0 Å². The maximum atomic E-state index is 12.2. The third-order valence-corrected chi connectivity index (χ3v) is 5.83. The fraction of sp³-hybridized carbons (Fsp3) is 0.733. The Kier molecular flexibility index (Phi) is 8.23. The van der Waals surface area contributed by atoms with E-state index in [-0.39, 0.29) is 5.75 Å². The summed E-state index contributed by atoms with van der Waals surface area (Å²) in [6.07, 6.45) is -1.82. The van der Waals surface area contributed by atoms with E-state index in [0.29, 0.717) is 32.5 Å². The number of carboxylic acids is 1. The van der Waals surface area contributed by atoms with Crippen molar-refractivity contribution in [3.63, 3.8) is 0 Å². The van der Waals surface area contributed by atoms with Crippen LogP contribution in [0.1, 0.15) is 24.9 Å². The highest BCUT2D eigenvalue weighted by atomic mass is 32.2. The lowest BCUT2D eigenvalue weighted by Crippen LogP contribution is -2.35. The van der Waals surface area contributed by atoms with Crippen LogP contribution in [0.3, 0.4) is 0 Å². The van der Waals surface area contributed by atoms with Gasteiger partial charge in [0, 0.05) is 38.8 Å². The number of hydrogen-bond donors (Lipinski definition) is 1. The van der Waals surface area contributed by atoms with E-state index in [1.807, 2.05) is 27.2 Å². The van der Waals surface area contributed by atoms with Crippen LogP contribution in [0.5, 0.6) is 0 Å². The molecule has 0 fully saturated rings. The maximum absolute atomic E-state index is 12.2. The molecule has 1 aromatic heterocycles. The molecule has 27 heavy (non-hydrogen) atoms. The van der Waals surface area contributed by atoms with Crippen molar-refractivity contribution < 1.29 is 31.5 Å². The number of rotatable bonds is 5. The van der Waals surface area contributed by atoms with Gasteiger partial charge in [-0.3, -0.25) is 0 Å². The Morgan fingerprint density at radius 3 is 2.37 bits per heavy atom. The number of carboxylic acid groups (broad SMARTS) is 1. The molecule has 2 rings (SSSR count). The second-order valence-corrected chi connectivity index (χ2v) is 8.41. The lowest BCUT2D eigenvalue weighted by atomic mass is 10.4. The SMILES string of the molecule is CCCS(=O)(=O)N1CCc2ncc(CN(C)C)n2CC1.O=C(O)C(F)(F)F. The third kappa shape index (κ3) is 7.11. The summed E-state index contributed by atoms with van der Waals surface area (Å²) in [5.74, 6) is -1.52. The number of halogens is 3. The van der Waals surface area contributed by atoms with Gasteiger partial charge >= 0.3 is 12.1 Å². The number of aliphatic carboxylic acids is 1. The smallest absolute Gasteiger partial charge is 0.475 e. The van der Waals surface area contributed by atoms with Crippen molar-refractivity contribution in [3.8, 4) is 0 Å². The summed E-state index contributed by atoms with van der Waals surface area (Å²) in [7, 11) is 0.939. The quantitative estimate of drug-likeness (QED) is 0.777. The van der Waals surface area contributed by atoms with Crippen LogP contribution in [0.25, 0.3) is 0 Å². The Balaban J connectivity index is 0.000000445. The summed E-state index contributed by atoms with van der Waals surface area (Å²) < 4.78 is 59.8. The molecule has 0 saturated carbocycles. The Hall–Kier alpha value is -1.66. The van der Waals surface area contributed by atoms with E-state index in [1.54, 1.807) is 4.31 Å². The number of sulfonamides is 1. The van der Waals surface area contributed by atoms with Gasteiger partial charge in [-0.15, -0.1) is 0 Å². The second kappa shape index (κ2) is 9.51. The second-order valence-electron chi connectivity index (χ2n) is 6.32. The molecule has 1 N–H and O–H groups in total. The fourth-order valence-corrected chi connectivity index (χ4v) is 4.09. The molecule has 0 spiro atoms. The number of alkyl halides is 3. The Morgan fingerprint density at radius 1 is 1.30 bits per heavy atom. The summed E-state index contributed by atoms with van der Waals surface area (Å²) in [4.78, 5) is 15.4. The molecule has 0 aromatic carbocycles. The number of aromatic nitrogens is 2. The predicted octanol–water partition coefficient (Wildman–Crippen LogP) is 1.18. The molecule has 1 aromatic rings. The first-order valence-electron chi connectivity index (χ1n) is 8.34. The fourth-order valence-electron chi connectivity index (χ4n) is 2.59. The van der Waals surface area contributed by atoms with Crippen LogP contribution >= 0.6 is 0 Å². The lowest BCUT2D eigenvalue weighted by Gasteiger charge is -2.19. The van der Waals surface area contributed by atoms with Crippen molar-refractivity contribution in [1.82, 2.24) is 18.8 Å². The number of fused-ring (bicyclic) bond motifs is 1. The molecule has 0 aliphatic carbocycles. The monoisotopic (exact) mass is 414 g/mol. The average Bonchev–Trinajstić information content (AvgIpc) is 2.76. The normalized spacial score (nSPS) is 15.7. The number of carbonyl (C=O) groups is 1. The standard InChI is InChI=1S/C13H24N4O2S.C2HF3O2/c1-4-9-20(18,19)16-6-5-13-14-10-12(11-15(2)3)17(13)8-7-16;3-2(4,5)1(6)7/h10H,4-9,11H2,1-3H3;(H,6,7). The summed E-state index contributed by atoms with van der Waals surface area (Å²) in [5.41, 5.74) is 1.15. The topological polar surface area (TPSA) is 95.7 Å². The Labute approximate surface area is 156 Å². The van der Waals surface area contributed by atoms with Gasteiger partial charge in [0.25, 0.3) is 0 Å². The van der Waals surface area contributed by atoms with Gasteiger partial charge < -0.3 is 14.6 Å². The molecular weight excluding hydrogens is 389 g/mol. The minimum atomic E-state index is -5.08. The van der Waals surface area contributed by atoms with E-state index >= 15 is 0 Å². The van der Waals surface area contributed by atoms with Crippen LogP contribution in [0.2, 0.25) is 0 Å². The van der Waals surface area contributed by atoms with Gasteiger partial charge in [-0.05, 0) is 20.5 Å². The molecule has 1 aliphatic rings. The zero-order chi connectivity index (χ0) is 20.8. The van der Waals surface area contributed by atoms with E-state index < -0.39 is 22.2 Å². The van der Waals surface area contributed by atoms with Gasteiger partial charge in [0.1, 0.15) is 5.82 Å². The largest absolute Gasteiger partial charge is 0.490 e. The van der Waals surface area contributed by atoms with E-state index in [9.17, 15) is 21.6 Å². The summed E-state index contributed by atoms with van der Waals surface area (Å²) >= 11 is 0. The van der Waals surface area contributed by atoms with Crippen molar-refractivity contribution in [1.29, 1.82) is 0 Å². The number of imidazole rings is 1. The summed E-state index contributed by atoms with van der Waals surface area (Å²) in [5, 5.41) is 7.12. The average molecular weight is 414 g/mol. The number of hydrogen-bond acceptors (Lipinski definition) is 5. The van der Waals surface area contributed by atoms with E-state index in [4.69, 9.17) is 9.90 Å². The van der Waals surface area contributed by atoms with E-state index in [0.717, 1.165) is 18.1 Å². The molecule has 1 aliphatic heterocycles. The lowest BCUT2D eigenvalue weighted by molar-refractivity contribution is -0.192. The molecule has 12 heteroatoms. The van der Waals surface area contributed by atoms with Crippen molar-refractivity contribution >= 4 is 16.0 Å². The van der Waals surface area contributed by atoms with Crippen molar-refractivity contribution in [2.45, 2.75) is 39.0 Å². The Morgan fingerprint density at radius 2 is 1.89 bits per heavy atom. The van der Waals surface area contributed by atoms with E-state index in [2.05, 4.69) is 14.5 Å². The molecule has 0 atom stereocenters. The molecule has 0 radical (unpaired) electrons. The summed E-state index contributed by atoms with van der Waals surface area (Å²) in [6.45, 7) is 4.51.